The maximum absolute atomic E-state index is 11.6. The number of nitrogens with one attached hydrogen (secondary N) is 1. The lowest BCUT2D eigenvalue weighted by molar-refractivity contribution is -0.146. The number of Topliss-reactive ketones (excluding diaryl/α,β-unsaturated/α-hetero) is 1. The minimum absolute atomic E-state index is 0.0165. The SMILES string of the molecule is NCC(=O)C[C@@H](CS)C(=O)N[C@H](C(N)=O)C(=O)O. The molecular weight excluding hydrogens is 262 g/mol. The second-order valence-corrected chi connectivity index (χ2v) is 3.87. The molecule has 9 heteroatoms. The topological polar surface area (TPSA) is 153 Å². The summed E-state index contributed by atoms with van der Waals surface area (Å²) in [7, 11) is 0. The molecule has 102 valence electrons. The van der Waals surface area contributed by atoms with Crippen LogP contribution in [0.1, 0.15) is 6.42 Å². The van der Waals surface area contributed by atoms with Crippen LogP contribution in [-0.2, 0) is 19.2 Å². The predicted octanol–water partition coefficient (Wildman–Crippen LogP) is -2.49. The van der Waals surface area contributed by atoms with Crippen LogP contribution >= 0.6 is 12.6 Å². The molecule has 18 heavy (non-hydrogen) atoms. The summed E-state index contributed by atoms with van der Waals surface area (Å²) in [6.45, 7) is -0.226. The van der Waals surface area contributed by atoms with Gasteiger partial charge in [-0.3, -0.25) is 14.4 Å². The third-order valence-corrected chi connectivity index (χ3v) is 2.55. The fourth-order valence-corrected chi connectivity index (χ4v) is 1.41. The lowest BCUT2D eigenvalue weighted by atomic mass is 10.0. The molecule has 0 saturated carbocycles. The van der Waals surface area contributed by atoms with Gasteiger partial charge in [-0.1, -0.05) is 0 Å². The number of thiol groups is 1. The Balaban J connectivity index is 4.65. The van der Waals surface area contributed by atoms with Crippen LogP contribution in [0.3, 0.4) is 0 Å². The Kier molecular flexibility index (Phi) is 6.98. The van der Waals surface area contributed by atoms with E-state index in [1.165, 1.54) is 0 Å². The summed E-state index contributed by atoms with van der Waals surface area (Å²) in [6, 6.07) is -1.83. The van der Waals surface area contributed by atoms with Gasteiger partial charge in [-0.2, -0.15) is 12.6 Å². The lowest BCUT2D eigenvalue weighted by Crippen LogP contribution is -2.51. The van der Waals surface area contributed by atoms with Gasteiger partial charge in [0, 0.05) is 12.2 Å². The number of rotatable bonds is 8. The first-order chi connectivity index (χ1) is 8.33. The van der Waals surface area contributed by atoms with E-state index in [2.05, 4.69) is 12.6 Å². The molecule has 2 amide bonds. The van der Waals surface area contributed by atoms with Crippen molar-refractivity contribution in [3.8, 4) is 0 Å². The van der Waals surface area contributed by atoms with E-state index in [1.54, 1.807) is 0 Å². The van der Waals surface area contributed by atoms with Crippen LogP contribution in [0.15, 0.2) is 0 Å². The van der Waals surface area contributed by atoms with Gasteiger partial charge in [0.15, 0.2) is 0 Å². The number of nitrogens with two attached hydrogens (primary N) is 2. The number of ketones is 1. The number of carboxylic acids is 1. The summed E-state index contributed by atoms with van der Waals surface area (Å²) in [5.74, 6) is -4.75. The standard InChI is InChI=1S/C9H15N3O5S/c10-2-5(13)1-4(3-18)8(15)12-6(7(11)14)9(16)17/h4,6,18H,1-3,10H2,(H2,11,14)(H,12,15)(H,16,17)/t4-,6+/m0/s1. The highest BCUT2D eigenvalue weighted by molar-refractivity contribution is 7.80. The highest BCUT2D eigenvalue weighted by atomic mass is 32.1. The molecule has 0 radical (unpaired) electrons. The second kappa shape index (κ2) is 7.67. The first-order valence-corrected chi connectivity index (χ1v) is 5.61. The number of carbonyl (C=O) groups is 4. The van der Waals surface area contributed by atoms with Crippen molar-refractivity contribution < 1.29 is 24.3 Å². The van der Waals surface area contributed by atoms with E-state index in [0.29, 0.717) is 0 Å². The maximum Gasteiger partial charge on any atom is 0.336 e. The van der Waals surface area contributed by atoms with E-state index >= 15 is 0 Å². The minimum Gasteiger partial charge on any atom is -0.479 e. The van der Waals surface area contributed by atoms with E-state index in [-0.39, 0.29) is 24.5 Å². The molecule has 0 rings (SSSR count). The smallest absolute Gasteiger partial charge is 0.336 e. The summed E-state index contributed by atoms with van der Waals surface area (Å²) >= 11 is 3.88. The number of hydrogen-bond donors (Lipinski definition) is 5. The first kappa shape index (κ1) is 16.4. The van der Waals surface area contributed by atoms with Crippen molar-refractivity contribution in [3.05, 3.63) is 0 Å². The monoisotopic (exact) mass is 277 g/mol. The fraction of sp³-hybridized carbons (Fsp3) is 0.556. The van der Waals surface area contributed by atoms with E-state index < -0.39 is 29.7 Å². The van der Waals surface area contributed by atoms with Crippen LogP contribution in [0.4, 0.5) is 0 Å². The highest BCUT2D eigenvalue weighted by Crippen LogP contribution is 2.07. The van der Waals surface area contributed by atoms with Gasteiger partial charge in [-0.05, 0) is 0 Å². The summed E-state index contributed by atoms with van der Waals surface area (Å²) < 4.78 is 0. The highest BCUT2D eigenvalue weighted by Gasteiger charge is 2.29. The van der Waals surface area contributed by atoms with Crippen LogP contribution in [0.2, 0.25) is 0 Å². The van der Waals surface area contributed by atoms with Gasteiger partial charge >= 0.3 is 5.97 Å². The molecule has 0 spiro atoms. The Labute approximate surface area is 108 Å². The van der Waals surface area contributed by atoms with Crippen molar-refractivity contribution in [1.82, 2.24) is 5.32 Å². The van der Waals surface area contributed by atoms with E-state index in [4.69, 9.17) is 16.6 Å². The largest absolute Gasteiger partial charge is 0.479 e. The number of aliphatic carboxylic acids is 1. The lowest BCUT2D eigenvalue weighted by Gasteiger charge is -2.16. The molecule has 0 fully saturated rings. The number of carbonyl (C=O) groups excluding carboxylic acids is 3. The van der Waals surface area contributed by atoms with E-state index in [1.807, 2.05) is 5.32 Å². The maximum atomic E-state index is 11.6. The Morgan fingerprint density at radius 3 is 2.17 bits per heavy atom. The molecule has 0 aliphatic heterocycles. The van der Waals surface area contributed by atoms with Crippen molar-refractivity contribution in [2.24, 2.45) is 17.4 Å². The van der Waals surface area contributed by atoms with Crippen LogP contribution < -0.4 is 16.8 Å². The molecule has 0 aliphatic carbocycles. The molecule has 0 saturated heterocycles. The third-order valence-electron chi connectivity index (χ3n) is 2.11. The van der Waals surface area contributed by atoms with Crippen LogP contribution in [0.25, 0.3) is 0 Å². The molecule has 2 atom stereocenters. The molecule has 0 heterocycles. The van der Waals surface area contributed by atoms with Gasteiger partial charge in [-0.25, -0.2) is 4.79 Å². The number of carboxylic acid groups (broad SMARTS) is 1. The zero-order chi connectivity index (χ0) is 14.3. The summed E-state index contributed by atoms with van der Waals surface area (Å²) in [4.78, 5) is 44.1. The molecule has 0 aromatic carbocycles. The number of hydrogen-bond acceptors (Lipinski definition) is 6. The molecule has 0 bridgehead atoms. The Hall–Kier alpha value is -1.61. The van der Waals surface area contributed by atoms with Gasteiger partial charge < -0.3 is 21.9 Å². The minimum atomic E-state index is -1.83. The van der Waals surface area contributed by atoms with Gasteiger partial charge in [-0.15, -0.1) is 0 Å². The molecule has 0 aliphatic rings. The van der Waals surface area contributed by atoms with E-state index in [0.717, 1.165) is 0 Å². The fourth-order valence-electron chi connectivity index (χ4n) is 1.11. The van der Waals surface area contributed by atoms with Gasteiger partial charge in [0.25, 0.3) is 5.91 Å². The van der Waals surface area contributed by atoms with Gasteiger partial charge in [0.1, 0.15) is 5.78 Å². The molecule has 0 aromatic heterocycles. The van der Waals surface area contributed by atoms with Gasteiger partial charge in [0.2, 0.25) is 11.9 Å². The Morgan fingerprint density at radius 1 is 1.28 bits per heavy atom. The van der Waals surface area contributed by atoms with E-state index in [9.17, 15) is 19.2 Å². The average Bonchev–Trinajstić information content (AvgIpc) is 2.31. The molecular formula is C9H15N3O5S. The predicted molar refractivity (Wildman–Crippen MR) is 64.8 cm³/mol. The summed E-state index contributed by atoms with van der Waals surface area (Å²) in [5, 5.41) is 10.6. The summed E-state index contributed by atoms with van der Waals surface area (Å²) in [6.07, 6.45) is -0.170. The van der Waals surface area contributed by atoms with Gasteiger partial charge in [0.05, 0.1) is 12.5 Å². The van der Waals surface area contributed by atoms with Crippen molar-refractivity contribution in [2.75, 3.05) is 12.3 Å². The molecule has 0 unspecified atom stereocenters. The molecule has 8 nitrogen and oxygen atoms in total. The quantitative estimate of drug-likeness (QED) is 0.244. The van der Waals surface area contributed by atoms with Crippen molar-refractivity contribution in [3.63, 3.8) is 0 Å². The van der Waals surface area contributed by atoms with Crippen molar-refractivity contribution in [1.29, 1.82) is 0 Å². The van der Waals surface area contributed by atoms with Crippen LogP contribution in [0, 0.1) is 5.92 Å². The molecule has 6 N–H and O–H groups in total. The zero-order valence-electron chi connectivity index (χ0n) is 9.46. The average molecular weight is 277 g/mol. The van der Waals surface area contributed by atoms with Crippen LogP contribution in [-0.4, -0.2) is 47.0 Å². The Bertz CT molecular complexity index is 346. The van der Waals surface area contributed by atoms with Crippen molar-refractivity contribution in [2.45, 2.75) is 12.5 Å². The zero-order valence-corrected chi connectivity index (χ0v) is 10.4. The number of amides is 2. The van der Waals surface area contributed by atoms with Crippen LogP contribution in [0.5, 0.6) is 0 Å². The second-order valence-electron chi connectivity index (χ2n) is 3.51. The Morgan fingerprint density at radius 2 is 1.83 bits per heavy atom. The normalized spacial score (nSPS) is 13.4. The summed E-state index contributed by atoms with van der Waals surface area (Å²) in [5.41, 5.74) is 9.91. The van der Waals surface area contributed by atoms with Crippen molar-refractivity contribution >= 4 is 36.2 Å². The number of primary amides is 1. The first-order valence-electron chi connectivity index (χ1n) is 4.98. The third kappa shape index (κ3) is 5.15. The molecule has 0 aromatic rings.